The van der Waals surface area contributed by atoms with Gasteiger partial charge in [0, 0.05) is 10.8 Å². The standard InChI is InChI=1S/C9H17NS/c1-9(5-2-6-11-9)8(10)7-3-4-7/h7-8H,2-6,10H2,1H3. The van der Waals surface area contributed by atoms with Crippen LogP contribution in [-0.2, 0) is 0 Å². The molecule has 1 saturated heterocycles. The minimum absolute atomic E-state index is 0.432. The van der Waals surface area contributed by atoms with Crippen molar-refractivity contribution in [3.63, 3.8) is 0 Å². The van der Waals surface area contributed by atoms with Crippen LogP contribution < -0.4 is 5.73 Å². The Labute approximate surface area is 73.1 Å². The number of hydrogen-bond acceptors (Lipinski definition) is 2. The average molecular weight is 171 g/mol. The summed E-state index contributed by atoms with van der Waals surface area (Å²) in [6.07, 6.45) is 5.49. The zero-order valence-electron chi connectivity index (χ0n) is 7.18. The molecule has 2 N–H and O–H groups in total. The molecule has 2 atom stereocenters. The first-order valence-electron chi connectivity index (χ1n) is 4.62. The van der Waals surface area contributed by atoms with Crippen molar-refractivity contribution in [1.82, 2.24) is 0 Å². The molecule has 2 unspecified atom stereocenters. The van der Waals surface area contributed by atoms with Crippen LogP contribution in [0.15, 0.2) is 0 Å². The van der Waals surface area contributed by atoms with E-state index >= 15 is 0 Å². The molecule has 0 aromatic heterocycles. The molecule has 0 spiro atoms. The monoisotopic (exact) mass is 171 g/mol. The molecule has 0 radical (unpaired) electrons. The predicted molar refractivity (Wildman–Crippen MR) is 50.8 cm³/mol. The van der Waals surface area contributed by atoms with Gasteiger partial charge in [0.2, 0.25) is 0 Å². The van der Waals surface area contributed by atoms with E-state index in [1.165, 1.54) is 31.4 Å². The van der Waals surface area contributed by atoms with E-state index in [2.05, 4.69) is 18.7 Å². The van der Waals surface area contributed by atoms with E-state index in [4.69, 9.17) is 5.73 Å². The van der Waals surface area contributed by atoms with Crippen LogP contribution in [0.4, 0.5) is 0 Å². The number of hydrogen-bond donors (Lipinski definition) is 1. The van der Waals surface area contributed by atoms with Gasteiger partial charge in [0.1, 0.15) is 0 Å². The molecule has 1 heterocycles. The fourth-order valence-corrected chi connectivity index (χ4v) is 3.45. The summed E-state index contributed by atoms with van der Waals surface area (Å²) in [5.41, 5.74) is 6.20. The van der Waals surface area contributed by atoms with Crippen molar-refractivity contribution < 1.29 is 0 Å². The molecular weight excluding hydrogens is 154 g/mol. The summed E-state index contributed by atoms with van der Waals surface area (Å²) in [6.45, 7) is 2.35. The Morgan fingerprint density at radius 3 is 2.73 bits per heavy atom. The lowest BCUT2D eigenvalue weighted by Gasteiger charge is -2.30. The van der Waals surface area contributed by atoms with Gasteiger partial charge in [-0.3, -0.25) is 0 Å². The summed E-state index contributed by atoms with van der Waals surface area (Å²) in [5, 5.41) is 0. The highest BCUT2D eigenvalue weighted by atomic mass is 32.2. The lowest BCUT2D eigenvalue weighted by Crippen LogP contribution is -2.42. The topological polar surface area (TPSA) is 26.0 Å². The molecule has 2 rings (SSSR count). The molecule has 11 heavy (non-hydrogen) atoms. The Balaban J connectivity index is 1.99. The molecule has 2 aliphatic rings. The maximum atomic E-state index is 6.20. The molecule has 0 bridgehead atoms. The van der Waals surface area contributed by atoms with Gasteiger partial charge in [0.05, 0.1) is 0 Å². The smallest absolute Gasteiger partial charge is 0.0285 e. The number of thioether (sulfide) groups is 1. The van der Waals surface area contributed by atoms with Crippen molar-refractivity contribution in [3.8, 4) is 0 Å². The highest BCUT2D eigenvalue weighted by Crippen LogP contribution is 2.47. The Bertz CT molecular complexity index is 148. The molecule has 1 aliphatic heterocycles. The van der Waals surface area contributed by atoms with Crippen LogP contribution in [0.2, 0.25) is 0 Å². The van der Waals surface area contributed by atoms with E-state index in [-0.39, 0.29) is 0 Å². The van der Waals surface area contributed by atoms with Crippen LogP contribution >= 0.6 is 11.8 Å². The number of nitrogens with two attached hydrogens (primary N) is 1. The van der Waals surface area contributed by atoms with Gasteiger partial charge >= 0.3 is 0 Å². The fourth-order valence-electron chi connectivity index (χ4n) is 2.02. The zero-order chi connectivity index (χ0) is 7.90. The summed E-state index contributed by atoms with van der Waals surface area (Å²) >= 11 is 2.10. The third kappa shape index (κ3) is 1.43. The molecule has 1 saturated carbocycles. The summed E-state index contributed by atoms with van der Waals surface area (Å²) in [7, 11) is 0. The van der Waals surface area contributed by atoms with Gasteiger partial charge in [-0.2, -0.15) is 11.8 Å². The van der Waals surface area contributed by atoms with Crippen molar-refractivity contribution in [2.45, 2.75) is 43.4 Å². The molecule has 1 aliphatic carbocycles. The first-order valence-corrected chi connectivity index (χ1v) is 5.60. The van der Waals surface area contributed by atoms with Gasteiger partial charge in [-0.05, 0) is 44.3 Å². The molecule has 0 amide bonds. The Morgan fingerprint density at radius 2 is 2.27 bits per heavy atom. The Kier molecular flexibility index (Phi) is 1.92. The van der Waals surface area contributed by atoms with E-state index in [0.29, 0.717) is 10.8 Å². The minimum atomic E-state index is 0.432. The SMILES string of the molecule is CC1(C(N)C2CC2)CCCS1. The van der Waals surface area contributed by atoms with Gasteiger partial charge < -0.3 is 5.73 Å². The third-order valence-electron chi connectivity index (χ3n) is 3.08. The van der Waals surface area contributed by atoms with E-state index in [1.807, 2.05) is 0 Å². The minimum Gasteiger partial charge on any atom is -0.326 e. The van der Waals surface area contributed by atoms with Crippen molar-refractivity contribution in [1.29, 1.82) is 0 Å². The first-order chi connectivity index (χ1) is 5.22. The molecular formula is C9H17NS. The van der Waals surface area contributed by atoms with Crippen molar-refractivity contribution in [3.05, 3.63) is 0 Å². The van der Waals surface area contributed by atoms with E-state index in [9.17, 15) is 0 Å². The molecule has 0 aromatic rings. The van der Waals surface area contributed by atoms with Crippen molar-refractivity contribution in [2.75, 3.05) is 5.75 Å². The second-order valence-electron chi connectivity index (χ2n) is 4.13. The largest absolute Gasteiger partial charge is 0.326 e. The summed E-state index contributed by atoms with van der Waals surface area (Å²) < 4.78 is 0.432. The van der Waals surface area contributed by atoms with E-state index in [0.717, 1.165) is 5.92 Å². The Hall–Kier alpha value is 0.310. The van der Waals surface area contributed by atoms with Crippen LogP contribution in [0.5, 0.6) is 0 Å². The molecule has 2 heteroatoms. The van der Waals surface area contributed by atoms with Crippen LogP contribution in [-0.4, -0.2) is 16.5 Å². The predicted octanol–water partition coefficient (Wildman–Crippen LogP) is 2.01. The first kappa shape index (κ1) is 7.93. The van der Waals surface area contributed by atoms with Crippen LogP contribution in [0.3, 0.4) is 0 Å². The van der Waals surface area contributed by atoms with E-state index in [1.54, 1.807) is 0 Å². The van der Waals surface area contributed by atoms with Gasteiger partial charge in [-0.1, -0.05) is 0 Å². The zero-order valence-corrected chi connectivity index (χ0v) is 7.99. The van der Waals surface area contributed by atoms with Gasteiger partial charge in [-0.15, -0.1) is 0 Å². The lowest BCUT2D eigenvalue weighted by atomic mass is 9.93. The van der Waals surface area contributed by atoms with Gasteiger partial charge in [0.25, 0.3) is 0 Å². The maximum Gasteiger partial charge on any atom is 0.0285 e. The summed E-state index contributed by atoms with van der Waals surface area (Å²) in [5.74, 6) is 2.20. The lowest BCUT2D eigenvalue weighted by molar-refractivity contribution is 0.444. The summed E-state index contributed by atoms with van der Waals surface area (Å²) in [6, 6.07) is 0.481. The van der Waals surface area contributed by atoms with Crippen LogP contribution in [0, 0.1) is 5.92 Å². The molecule has 2 fully saturated rings. The second-order valence-corrected chi connectivity index (χ2v) is 5.76. The van der Waals surface area contributed by atoms with Gasteiger partial charge in [0.15, 0.2) is 0 Å². The molecule has 64 valence electrons. The van der Waals surface area contributed by atoms with Gasteiger partial charge in [-0.25, -0.2) is 0 Å². The highest BCUT2D eigenvalue weighted by Gasteiger charge is 2.43. The Morgan fingerprint density at radius 1 is 1.55 bits per heavy atom. The average Bonchev–Trinajstić information content (AvgIpc) is 2.74. The maximum absolute atomic E-state index is 6.20. The second kappa shape index (κ2) is 2.67. The van der Waals surface area contributed by atoms with Crippen molar-refractivity contribution in [2.24, 2.45) is 11.7 Å². The molecule has 0 aromatic carbocycles. The van der Waals surface area contributed by atoms with Crippen LogP contribution in [0.1, 0.15) is 32.6 Å². The third-order valence-corrected chi connectivity index (χ3v) is 4.71. The highest BCUT2D eigenvalue weighted by molar-refractivity contribution is 8.00. The quantitative estimate of drug-likeness (QED) is 0.688. The van der Waals surface area contributed by atoms with Crippen molar-refractivity contribution >= 4 is 11.8 Å². The molecule has 1 nitrogen and oxygen atoms in total. The van der Waals surface area contributed by atoms with E-state index < -0.39 is 0 Å². The fraction of sp³-hybridized carbons (Fsp3) is 1.00. The van der Waals surface area contributed by atoms with Crippen LogP contribution in [0.25, 0.3) is 0 Å². The normalized spacial score (nSPS) is 40.9. The number of rotatable bonds is 2. The summed E-state index contributed by atoms with van der Waals surface area (Å²) in [4.78, 5) is 0.